The highest BCUT2D eigenvalue weighted by molar-refractivity contribution is 5.87. The van der Waals surface area contributed by atoms with Crippen LogP contribution in [0.5, 0.6) is 6.01 Å². The summed E-state index contributed by atoms with van der Waals surface area (Å²) in [6.45, 7) is 12.0. The maximum Gasteiger partial charge on any atom is 0.418 e. The zero-order chi connectivity index (χ0) is 30.3. The molecule has 5 rings (SSSR count). The Morgan fingerprint density at radius 3 is 2.60 bits per heavy atom. The Hall–Kier alpha value is -3.41. The van der Waals surface area contributed by atoms with Gasteiger partial charge in [0.2, 0.25) is 5.91 Å². The van der Waals surface area contributed by atoms with Crippen molar-refractivity contribution < 1.29 is 22.7 Å². The van der Waals surface area contributed by atoms with Gasteiger partial charge in [-0.2, -0.15) is 23.1 Å². The minimum atomic E-state index is -4.56. The van der Waals surface area contributed by atoms with Crippen molar-refractivity contribution in [3.8, 4) is 6.01 Å². The van der Waals surface area contributed by atoms with Gasteiger partial charge in [-0.25, -0.2) is 4.98 Å². The molecule has 12 heteroatoms. The van der Waals surface area contributed by atoms with Crippen molar-refractivity contribution in [1.82, 2.24) is 24.8 Å². The lowest BCUT2D eigenvalue weighted by atomic mass is 9.75. The van der Waals surface area contributed by atoms with Crippen LogP contribution in [-0.2, 0) is 23.8 Å². The van der Waals surface area contributed by atoms with Crippen molar-refractivity contribution >= 4 is 17.5 Å². The maximum absolute atomic E-state index is 14.3. The first-order valence-electron chi connectivity index (χ1n) is 14.6. The Bertz CT molecular complexity index is 1350. The van der Waals surface area contributed by atoms with Gasteiger partial charge in [-0.15, -0.1) is 0 Å². The highest BCUT2D eigenvalue weighted by Gasteiger charge is 2.42. The van der Waals surface area contributed by atoms with Gasteiger partial charge in [0.05, 0.1) is 17.0 Å². The number of halogens is 3. The zero-order valence-electron chi connectivity index (χ0n) is 24.7. The summed E-state index contributed by atoms with van der Waals surface area (Å²) in [5, 5.41) is 0. The molecule has 9 nitrogen and oxygen atoms in total. The predicted octanol–water partition coefficient (Wildman–Crippen LogP) is 4.00. The molecule has 2 N–H and O–H groups in total. The number of aromatic nitrogens is 3. The number of carbonyl (C=O) groups excluding carboxylic acids is 1. The molecule has 2 fully saturated rings. The molecule has 1 amide bonds. The minimum absolute atomic E-state index is 0.0294. The molecule has 2 saturated heterocycles. The average Bonchev–Trinajstić information content (AvgIpc) is 3.34. The van der Waals surface area contributed by atoms with E-state index >= 15 is 0 Å². The summed E-state index contributed by atoms with van der Waals surface area (Å²) in [5.41, 5.74) is 6.86. The molecule has 2 aliphatic heterocycles. The van der Waals surface area contributed by atoms with Crippen LogP contribution in [0.2, 0.25) is 0 Å². The van der Waals surface area contributed by atoms with Crippen molar-refractivity contribution in [1.29, 1.82) is 0 Å². The van der Waals surface area contributed by atoms with Gasteiger partial charge in [0.25, 0.3) is 0 Å². The van der Waals surface area contributed by atoms with Crippen LogP contribution in [0, 0.1) is 12.8 Å². The number of carbonyl (C=O) groups is 1. The maximum atomic E-state index is 14.3. The fraction of sp³-hybridized carbons (Fsp3) is 0.600. The second kappa shape index (κ2) is 11.7. The van der Waals surface area contributed by atoms with Crippen LogP contribution in [0.15, 0.2) is 18.7 Å². The first kappa shape index (κ1) is 30.1. The lowest BCUT2D eigenvalue weighted by Gasteiger charge is -2.42. The Labute approximate surface area is 244 Å². The van der Waals surface area contributed by atoms with Crippen LogP contribution >= 0.6 is 0 Å². The number of likely N-dealkylation sites (N-methyl/N-ethyl adjacent to an activating group) is 1. The molecule has 228 valence electrons. The molecule has 4 heterocycles. The number of fused-ring (bicyclic) bond motifs is 1. The third-order valence-electron chi connectivity index (χ3n) is 9.04. The van der Waals surface area contributed by atoms with Gasteiger partial charge in [0, 0.05) is 43.2 Å². The van der Waals surface area contributed by atoms with Crippen LogP contribution < -0.4 is 15.4 Å². The number of likely N-dealkylation sites (tertiary alicyclic amines) is 1. The molecule has 0 spiro atoms. The minimum Gasteiger partial charge on any atom is -0.462 e. The van der Waals surface area contributed by atoms with E-state index in [0.717, 1.165) is 30.8 Å². The molecule has 2 aromatic heterocycles. The van der Waals surface area contributed by atoms with Gasteiger partial charge in [-0.1, -0.05) is 13.5 Å². The van der Waals surface area contributed by atoms with Gasteiger partial charge in [0.15, 0.2) is 0 Å². The van der Waals surface area contributed by atoms with E-state index in [0.29, 0.717) is 38.4 Å². The molecule has 0 bridgehead atoms. The van der Waals surface area contributed by atoms with Crippen molar-refractivity contribution in [3.05, 3.63) is 46.8 Å². The van der Waals surface area contributed by atoms with Crippen molar-refractivity contribution in [2.75, 3.05) is 50.5 Å². The van der Waals surface area contributed by atoms with Crippen molar-refractivity contribution in [2.24, 2.45) is 5.92 Å². The second-order valence-corrected chi connectivity index (χ2v) is 12.0. The third kappa shape index (κ3) is 5.91. The zero-order valence-corrected chi connectivity index (χ0v) is 24.7. The number of ether oxygens (including phenoxy) is 1. The van der Waals surface area contributed by atoms with E-state index in [-0.39, 0.29) is 53.4 Å². The van der Waals surface area contributed by atoms with Crippen LogP contribution in [-0.4, -0.2) is 82.6 Å². The molecule has 4 atom stereocenters. The number of nitrogens with two attached hydrogens (primary N) is 1. The van der Waals surface area contributed by atoms with Gasteiger partial charge in [0.1, 0.15) is 18.2 Å². The molecule has 0 aromatic carbocycles. The fourth-order valence-electron chi connectivity index (χ4n) is 6.74. The molecule has 1 aliphatic carbocycles. The van der Waals surface area contributed by atoms with E-state index < -0.39 is 17.7 Å². The molecule has 0 saturated carbocycles. The standard InChI is InChI=1S/C30H40F3N7O2/c1-6-25(41)39-10-11-40(19(4)15-39)28-22-12-17(2)21(27-26(30(31,32)33)18(3)13-24(34)36-27)14-23(22)35-29(37-28)42-16-20-8-7-9-38(20)5/h6,13,17,19-21H,1,7-12,14-16H2,2-5H3,(H2,34,36). The first-order chi connectivity index (χ1) is 19.9. The number of nitrogen functional groups attached to an aromatic ring is 1. The number of hydrogen-bond acceptors (Lipinski definition) is 8. The summed E-state index contributed by atoms with van der Waals surface area (Å²) >= 11 is 0. The Balaban J connectivity index is 1.53. The monoisotopic (exact) mass is 587 g/mol. The molecule has 4 unspecified atom stereocenters. The van der Waals surface area contributed by atoms with Crippen LogP contribution in [0.4, 0.5) is 24.8 Å². The van der Waals surface area contributed by atoms with E-state index in [2.05, 4.69) is 28.4 Å². The number of pyridine rings is 1. The van der Waals surface area contributed by atoms with E-state index in [9.17, 15) is 18.0 Å². The van der Waals surface area contributed by atoms with E-state index in [1.165, 1.54) is 19.1 Å². The Morgan fingerprint density at radius 1 is 1.19 bits per heavy atom. The molecular formula is C30H40F3N7O2. The van der Waals surface area contributed by atoms with Crippen LogP contribution in [0.1, 0.15) is 60.7 Å². The summed E-state index contributed by atoms with van der Waals surface area (Å²) in [7, 11) is 2.07. The smallest absolute Gasteiger partial charge is 0.418 e. The number of hydrogen-bond donors (Lipinski definition) is 1. The molecule has 3 aliphatic rings. The summed E-state index contributed by atoms with van der Waals surface area (Å²) in [6.07, 6.45) is -0.383. The predicted molar refractivity (Wildman–Crippen MR) is 154 cm³/mol. The molecular weight excluding hydrogens is 547 g/mol. The third-order valence-corrected chi connectivity index (χ3v) is 9.04. The lowest BCUT2D eigenvalue weighted by Crippen LogP contribution is -2.54. The molecule has 42 heavy (non-hydrogen) atoms. The van der Waals surface area contributed by atoms with E-state index in [1.54, 1.807) is 4.90 Å². The normalized spacial score (nSPS) is 24.9. The largest absolute Gasteiger partial charge is 0.462 e. The number of amides is 1. The topological polar surface area (TPSA) is 101 Å². The van der Waals surface area contributed by atoms with Gasteiger partial charge < -0.3 is 25.2 Å². The molecule has 2 aromatic rings. The summed E-state index contributed by atoms with van der Waals surface area (Å²) in [6, 6.07) is 1.71. The van der Waals surface area contributed by atoms with E-state index in [4.69, 9.17) is 20.4 Å². The lowest BCUT2D eigenvalue weighted by molar-refractivity contribution is -0.139. The first-order valence-corrected chi connectivity index (χ1v) is 14.6. The fourth-order valence-corrected chi connectivity index (χ4v) is 6.74. The van der Waals surface area contributed by atoms with Gasteiger partial charge in [-0.05, 0) is 76.7 Å². The quantitative estimate of drug-likeness (QED) is 0.507. The summed E-state index contributed by atoms with van der Waals surface area (Å²) in [4.78, 5) is 32.4. The Kier molecular flexibility index (Phi) is 8.37. The van der Waals surface area contributed by atoms with Crippen molar-refractivity contribution in [3.63, 3.8) is 0 Å². The highest BCUT2D eigenvalue weighted by atomic mass is 19.4. The average molecular weight is 588 g/mol. The molecule has 0 radical (unpaired) electrons. The number of aryl methyl sites for hydroxylation is 1. The number of piperazine rings is 1. The summed E-state index contributed by atoms with van der Waals surface area (Å²) < 4.78 is 48.9. The Morgan fingerprint density at radius 2 is 1.95 bits per heavy atom. The van der Waals surface area contributed by atoms with Gasteiger partial charge >= 0.3 is 12.2 Å². The number of alkyl halides is 3. The number of nitrogens with zero attached hydrogens (tertiary/aromatic N) is 6. The van der Waals surface area contributed by atoms with Gasteiger partial charge in [-0.3, -0.25) is 4.79 Å². The van der Waals surface area contributed by atoms with E-state index in [1.807, 2.05) is 13.8 Å². The van der Waals surface area contributed by atoms with Crippen molar-refractivity contribution in [2.45, 2.75) is 70.6 Å². The number of anilines is 2. The highest BCUT2D eigenvalue weighted by Crippen LogP contribution is 2.45. The summed E-state index contributed by atoms with van der Waals surface area (Å²) in [5.74, 6) is -0.0222. The number of rotatable bonds is 6. The van der Waals surface area contributed by atoms with Crippen LogP contribution in [0.25, 0.3) is 0 Å². The second-order valence-electron chi connectivity index (χ2n) is 12.0. The van der Waals surface area contributed by atoms with Crippen LogP contribution in [0.3, 0.4) is 0 Å². The SMILES string of the molecule is C=CC(=O)N1CCN(c2nc(OCC3CCCN3C)nc3c2CC(C)C(c2nc(N)cc(C)c2C(F)(F)F)C3)C(C)C1.